The van der Waals surface area contributed by atoms with Crippen LogP contribution in [-0.2, 0) is 0 Å². The van der Waals surface area contributed by atoms with Crippen molar-refractivity contribution in [3.05, 3.63) is 11.1 Å². The van der Waals surface area contributed by atoms with Gasteiger partial charge in [0.15, 0.2) is 5.13 Å². The molecule has 0 bridgehead atoms. The van der Waals surface area contributed by atoms with Gasteiger partial charge < -0.3 is 11.5 Å². The molecule has 12 heavy (non-hydrogen) atoms. The molecule has 0 amide bonds. The quantitative estimate of drug-likeness (QED) is 0.700. The van der Waals surface area contributed by atoms with Crippen molar-refractivity contribution in [2.24, 2.45) is 11.1 Å². The van der Waals surface area contributed by atoms with Crippen LogP contribution in [0.15, 0.2) is 5.38 Å². The smallest absolute Gasteiger partial charge is 0.180 e. The van der Waals surface area contributed by atoms with Gasteiger partial charge in [0.2, 0.25) is 0 Å². The van der Waals surface area contributed by atoms with Crippen molar-refractivity contribution in [3.8, 4) is 0 Å². The number of anilines is 1. The van der Waals surface area contributed by atoms with E-state index in [2.05, 4.69) is 25.8 Å². The normalized spacial score (nSPS) is 14.7. The highest BCUT2D eigenvalue weighted by Gasteiger charge is 2.24. The van der Waals surface area contributed by atoms with E-state index in [-0.39, 0.29) is 11.5 Å². The molecule has 0 aromatic carbocycles. The minimum absolute atomic E-state index is 0.0361. The van der Waals surface area contributed by atoms with Gasteiger partial charge in [0.25, 0.3) is 0 Å². The van der Waals surface area contributed by atoms with Gasteiger partial charge in [0.1, 0.15) is 0 Å². The molecule has 0 saturated heterocycles. The van der Waals surface area contributed by atoms with Crippen LogP contribution >= 0.6 is 11.3 Å². The van der Waals surface area contributed by atoms with Gasteiger partial charge in [0.05, 0.1) is 11.7 Å². The maximum absolute atomic E-state index is 5.97. The summed E-state index contributed by atoms with van der Waals surface area (Å²) in [5.41, 5.74) is 12.4. The van der Waals surface area contributed by atoms with Crippen LogP contribution in [0.2, 0.25) is 0 Å². The van der Waals surface area contributed by atoms with Crippen molar-refractivity contribution in [3.63, 3.8) is 0 Å². The molecular formula is C8H15N3S. The molecule has 0 aliphatic carbocycles. The lowest BCUT2D eigenvalue weighted by Gasteiger charge is -2.25. The SMILES string of the molecule is CC(C)(C)[C@H](N)c1csc(N)n1. The highest BCUT2D eigenvalue weighted by atomic mass is 32.1. The third kappa shape index (κ3) is 1.95. The number of thiazole rings is 1. The topological polar surface area (TPSA) is 64.9 Å². The second kappa shape index (κ2) is 3.03. The molecule has 1 aromatic heterocycles. The number of nitrogens with zero attached hydrogens (tertiary/aromatic N) is 1. The zero-order valence-electron chi connectivity index (χ0n) is 7.66. The molecule has 0 radical (unpaired) electrons. The van der Waals surface area contributed by atoms with Crippen molar-refractivity contribution in [2.45, 2.75) is 26.8 Å². The molecule has 4 N–H and O–H groups in total. The van der Waals surface area contributed by atoms with Crippen LogP contribution in [0.1, 0.15) is 32.5 Å². The van der Waals surface area contributed by atoms with Gasteiger partial charge in [-0.05, 0) is 5.41 Å². The molecule has 4 heteroatoms. The summed E-state index contributed by atoms with van der Waals surface area (Å²) in [4.78, 5) is 4.15. The zero-order chi connectivity index (χ0) is 9.35. The van der Waals surface area contributed by atoms with E-state index in [4.69, 9.17) is 11.5 Å². The van der Waals surface area contributed by atoms with E-state index in [0.717, 1.165) is 5.69 Å². The Morgan fingerprint density at radius 3 is 2.42 bits per heavy atom. The summed E-state index contributed by atoms with van der Waals surface area (Å²) in [5.74, 6) is 0. The Hall–Kier alpha value is -0.610. The summed E-state index contributed by atoms with van der Waals surface area (Å²) < 4.78 is 0. The summed E-state index contributed by atoms with van der Waals surface area (Å²) in [5, 5.41) is 2.51. The van der Waals surface area contributed by atoms with Crippen LogP contribution in [0, 0.1) is 5.41 Å². The van der Waals surface area contributed by atoms with Crippen LogP contribution in [0.3, 0.4) is 0 Å². The summed E-state index contributed by atoms with van der Waals surface area (Å²) in [6.07, 6.45) is 0. The average molecular weight is 185 g/mol. The predicted molar refractivity (Wildman–Crippen MR) is 52.9 cm³/mol. The zero-order valence-corrected chi connectivity index (χ0v) is 8.48. The summed E-state index contributed by atoms with van der Waals surface area (Å²) in [6.45, 7) is 6.27. The van der Waals surface area contributed by atoms with Gasteiger partial charge in [-0.3, -0.25) is 0 Å². The first-order chi connectivity index (χ1) is 5.41. The standard InChI is InChI=1S/C8H15N3S/c1-8(2,3)6(9)5-4-12-7(10)11-5/h4,6H,9H2,1-3H3,(H2,10,11)/t6-/m1/s1. The lowest BCUT2D eigenvalue weighted by Crippen LogP contribution is -2.26. The van der Waals surface area contributed by atoms with E-state index in [9.17, 15) is 0 Å². The molecule has 0 fully saturated rings. The van der Waals surface area contributed by atoms with E-state index in [1.165, 1.54) is 11.3 Å². The maximum Gasteiger partial charge on any atom is 0.180 e. The first kappa shape index (κ1) is 9.48. The third-order valence-electron chi connectivity index (χ3n) is 1.79. The average Bonchev–Trinajstić information content (AvgIpc) is 2.32. The highest BCUT2D eigenvalue weighted by molar-refractivity contribution is 7.13. The predicted octanol–water partition coefficient (Wildman–Crippen LogP) is 1.77. The lowest BCUT2D eigenvalue weighted by molar-refractivity contribution is 0.322. The Labute approximate surface area is 76.8 Å². The number of hydrogen-bond acceptors (Lipinski definition) is 4. The third-order valence-corrected chi connectivity index (χ3v) is 2.48. The van der Waals surface area contributed by atoms with Crippen LogP contribution in [-0.4, -0.2) is 4.98 Å². The second-order valence-electron chi connectivity index (χ2n) is 3.95. The Kier molecular flexibility index (Phi) is 2.39. The molecule has 0 unspecified atom stereocenters. The Balaban J connectivity index is 2.85. The molecule has 68 valence electrons. The number of nitrogen functional groups attached to an aromatic ring is 1. The fourth-order valence-corrected chi connectivity index (χ4v) is 1.49. The summed E-state index contributed by atoms with van der Waals surface area (Å²) >= 11 is 1.44. The number of nitrogens with two attached hydrogens (primary N) is 2. The number of rotatable bonds is 1. The van der Waals surface area contributed by atoms with Crippen LogP contribution in [0.5, 0.6) is 0 Å². The van der Waals surface area contributed by atoms with Crippen LogP contribution < -0.4 is 11.5 Å². The van der Waals surface area contributed by atoms with Crippen molar-refractivity contribution in [1.29, 1.82) is 0 Å². The first-order valence-corrected chi connectivity index (χ1v) is 4.75. The molecule has 0 saturated carbocycles. The van der Waals surface area contributed by atoms with Gasteiger partial charge in [-0.25, -0.2) is 4.98 Å². The van der Waals surface area contributed by atoms with E-state index < -0.39 is 0 Å². The van der Waals surface area contributed by atoms with Gasteiger partial charge in [0, 0.05) is 5.38 Å². The van der Waals surface area contributed by atoms with E-state index in [1.807, 2.05) is 5.38 Å². The monoisotopic (exact) mass is 185 g/mol. The number of aromatic nitrogens is 1. The molecule has 0 aliphatic heterocycles. The molecule has 1 atom stereocenters. The van der Waals surface area contributed by atoms with Crippen molar-refractivity contribution in [2.75, 3.05) is 5.73 Å². The molecule has 1 heterocycles. The van der Waals surface area contributed by atoms with Gasteiger partial charge in [-0.2, -0.15) is 0 Å². The van der Waals surface area contributed by atoms with E-state index >= 15 is 0 Å². The largest absolute Gasteiger partial charge is 0.375 e. The van der Waals surface area contributed by atoms with Gasteiger partial charge in [-0.1, -0.05) is 20.8 Å². The molecular weight excluding hydrogens is 170 g/mol. The lowest BCUT2D eigenvalue weighted by atomic mass is 9.86. The van der Waals surface area contributed by atoms with Gasteiger partial charge >= 0.3 is 0 Å². The Morgan fingerprint density at radius 1 is 1.50 bits per heavy atom. The Bertz CT molecular complexity index is 262. The summed E-state index contributed by atoms with van der Waals surface area (Å²) in [6, 6.07) is -0.0361. The van der Waals surface area contributed by atoms with Gasteiger partial charge in [-0.15, -0.1) is 11.3 Å². The molecule has 0 aliphatic rings. The highest BCUT2D eigenvalue weighted by Crippen LogP contribution is 2.31. The van der Waals surface area contributed by atoms with Crippen molar-refractivity contribution < 1.29 is 0 Å². The molecule has 0 spiro atoms. The van der Waals surface area contributed by atoms with E-state index in [0.29, 0.717) is 5.13 Å². The number of hydrogen-bond donors (Lipinski definition) is 2. The summed E-state index contributed by atoms with van der Waals surface area (Å²) in [7, 11) is 0. The van der Waals surface area contributed by atoms with Crippen molar-refractivity contribution in [1.82, 2.24) is 4.98 Å². The Morgan fingerprint density at radius 2 is 2.08 bits per heavy atom. The van der Waals surface area contributed by atoms with Crippen LogP contribution in [0.4, 0.5) is 5.13 Å². The van der Waals surface area contributed by atoms with Crippen LogP contribution in [0.25, 0.3) is 0 Å². The molecule has 3 nitrogen and oxygen atoms in total. The fourth-order valence-electron chi connectivity index (χ4n) is 0.887. The minimum Gasteiger partial charge on any atom is -0.375 e. The first-order valence-electron chi connectivity index (χ1n) is 3.88. The van der Waals surface area contributed by atoms with Crippen molar-refractivity contribution >= 4 is 16.5 Å². The molecule has 1 rings (SSSR count). The maximum atomic E-state index is 5.97. The second-order valence-corrected chi connectivity index (χ2v) is 4.84. The fraction of sp³-hybridized carbons (Fsp3) is 0.625. The minimum atomic E-state index is -0.0361. The molecule has 1 aromatic rings. The van der Waals surface area contributed by atoms with E-state index in [1.54, 1.807) is 0 Å².